The summed E-state index contributed by atoms with van der Waals surface area (Å²) in [5, 5.41) is 12.1. The SMILES string of the molecule is COc1ccc(-c2c(C)[nH]n3c(=O)cc(CSc4nnc(C)s4)nc23)cc1OC. The largest absolute Gasteiger partial charge is 0.493 e. The van der Waals surface area contributed by atoms with Gasteiger partial charge in [0, 0.05) is 23.1 Å². The number of aromatic amines is 1. The highest BCUT2D eigenvalue weighted by molar-refractivity contribution is 8.00. The summed E-state index contributed by atoms with van der Waals surface area (Å²) in [5.74, 6) is 1.79. The van der Waals surface area contributed by atoms with E-state index >= 15 is 0 Å². The Morgan fingerprint density at radius 2 is 1.93 bits per heavy atom. The van der Waals surface area contributed by atoms with Crippen LogP contribution in [0.1, 0.15) is 16.4 Å². The number of aromatic nitrogens is 5. The van der Waals surface area contributed by atoms with Crippen molar-refractivity contribution in [2.45, 2.75) is 23.9 Å². The molecule has 0 atom stereocenters. The van der Waals surface area contributed by atoms with E-state index in [4.69, 9.17) is 14.5 Å². The summed E-state index contributed by atoms with van der Waals surface area (Å²) >= 11 is 3.04. The first-order chi connectivity index (χ1) is 14.0. The zero-order valence-corrected chi connectivity index (χ0v) is 18.0. The number of nitrogens with zero attached hydrogens (tertiary/aromatic N) is 4. The number of methoxy groups -OCH3 is 2. The highest BCUT2D eigenvalue weighted by atomic mass is 32.2. The van der Waals surface area contributed by atoms with Gasteiger partial charge in [0.05, 0.1) is 19.9 Å². The van der Waals surface area contributed by atoms with Crippen molar-refractivity contribution < 1.29 is 9.47 Å². The number of ether oxygens (including phenoxy) is 2. The number of H-pyrrole nitrogens is 1. The molecule has 4 rings (SSSR count). The number of benzene rings is 1. The number of nitrogens with one attached hydrogen (secondary N) is 1. The molecule has 1 aromatic carbocycles. The summed E-state index contributed by atoms with van der Waals surface area (Å²) in [6.07, 6.45) is 0. The minimum absolute atomic E-state index is 0.158. The lowest BCUT2D eigenvalue weighted by Gasteiger charge is -2.09. The van der Waals surface area contributed by atoms with Crippen LogP contribution in [0.5, 0.6) is 11.5 Å². The van der Waals surface area contributed by atoms with Gasteiger partial charge in [-0.25, -0.2) is 9.50 Å². The van der Waals surface area contributed by atoms with Crippen LogP contribution in [0.25, 0.3) is 16.8 Å². The molecule has 0 aliphatic rings. The van der Waals surface area contributed by atoms with Crippen LogP contribution < -0.4 is 15.0 Å². The van der Waals surface area contributed by atoms with Gasteiger partial charge in [-0.3, -0.25) is 9.89 Å². The molecule has 8 nitrogen and oxygen atoms in total. The molecule has 0 radical (unpaired) electrons. The lowest BCUT2D eigenvalue weighted by Crippen LogP contribution is -2.15. The smallest absolute Gasteiger partial charge is 0.272 e. The summed E-state index contributed by atoms with van der Waals surface area (Å²) in [4.78, 5) is 17.4. The van der Waals surface area contributed by atoms with E-state index in [1.165, 1.54) is 27.6 Å². The van der Waals surface area contributed by atoms with Crippen LogP contribution in [0.3, 0.4) is 0 Å². The Hall–Kier alpha value is -2.85. The van der Waals surface area contributed by atoms with Crippen molar-refractivity contribution in [1.29, 1.82) is 0 Å². The predicted molar refractivity (Wildman–Crippen MR) is 113 cm³/mol. The molecule has 4 aromatic rings. The number of hydrogen-bond donors (Lipinski definition) is 1. The molecule has 150 valence electrons. The monoisotopic (exact) mass is 429 g/mol. The maximum absolute atomic E-state index is 12.6. The van der Waals surface area contributed by atoms with Crippen LogP contribution in [-0.4, -0.2) is 39.0 Å². The third kappa shape index (κ3) is 3.73. The van der Waals surface area contributed by atoms with Crippen molar-refractivity contribution in [3.05, 3.63) is 51.0 Å². The molecule has 0 bridgehead atoms. The van der Waals surface area contributed by atoms with Crippen molar-refractivity contribution in [3.8, 4) is 22.6 Å². The van der Waals surface area contributed by atoms with E-state index in [0.29, 0.717) is 28.6 Å². The Morgan fingerprint density at radius 3 is 2.62 bits per heavy atom. The third-order valence-electron chi connectivity index (χ3n) is 4.37. The Balaban J connectivity index is 1.77. The minimum Gasteiger partial charge on any atom is -0.493 e. The molecule has 1 N–H and O–H groups in total. The fourth-order valence-corrected chi connectivity index (χ4v) is 4.79. The van der Waals surface area contributed by atoms with Gasteiger partial charge < -0.3 is 9.47 Å². The number of rotatable bonds is 6. The van der Waals surface area contributed by atoms with Gasteiger partial charge in [0.25, 0.3) is 5.56 Å². The van der Waals surface area contributed by atoms with Gasteiger partial charge in [0.15, 0.2) is 21.5 Å². The average Bonchev–Trinajstić information content (AvgIpc) is 3.28. The van der Waals surface area contributed by atoms with Crippen LogP contribution in [0, 0.1) is 13.8 Å². The molecule has 3 aromatic heterocycles. The summed E-state index contributed by atoms with van der Waals surface area (Å²) in [7, 11) is 3.19. The number of fused-ring (bicyclic) bond motifs is 1. The Kier molecular flexibility index (Phi) is 5.29. The lowest BCUT2D eigenvalue weighted by atomic mass is 10.1. The first-order valence-electron chi connectivity index (χ1n) is 8.76. The molecular weight excluding hydrogens is 410 g/mol. The lowest BCUT2D eigenvalue weighted by molar-refractivity contribution is 0.355. The van der Waals surface area contributed by atoms with Crippen molar-refractivity contribution in [2.75, 3.05) is 14.2 Å². The van der Waals surface area contributed by atoms with Gasteiger partial charge in [-0.2, -0.15) is 0 Å². The highest BCUT2D eigenvalue weighted by Crippen LogP contribution is 2.35. The summed E-state index contributed by atoms with van der Waals surface area (Å²) in [6.45, 7) is 3.83. The second kappa shape index (κ2) is 7.88. The Morgan fingerprint density at radius 1 is 1.14 bits per heavy atom. The summed E-state index contributed by atoms with van der Waals surface area (Å²) in [5.41, 5.74) is 3.68. The third-order valence-corrected chi connectivity index (χ3v) is 6.38. The van der Waals surface area contributed by atoms with Gasteiger partial charge >= 0.3 is 0 Å². The average molecular weight is 430 g/mol. The number of aryl methyl sites for hydroxylation is 2. The zero-order chi connectivity index (χ0) is 20.5. The number of hydrogen-bond acceptors (Lipinski definition) is 8. The second-order valence-corrected chi connectivity index (χ2v) is 8.71. The van der Waals surface area contributed by atoms with Crippen LogP contribution >= 0.6 is 23.1 Å². The van der Waals surface area contributed by atoms with E-state index in [1.54, 1.807) is 20.3 Å². The fourth-order valence-electron chi connectivity index (χ4n) is 3.08. The molecule has 0 aliphatic carbocycles. The normalized spacial score (nSPS) is 11.2. The fraction of sp³-hybridized carbons (Fsp3) is 0.263. The van der Waals surface area contributed by atoms with Gasteiger partial charge in [-0.1, -0.05) is 29.2 Å². The van der Waals surface area contributed by atoms with E-state index in [1.807, 2.05) is 32.0 Å². The van der Waals surface area contributed by atoms with Gasteiger partial charge in [-0.05, 0) is 31.5 Å². The summed E-state index contributed by atoms with van der Waals surface area (Å²) < 4.78 is 13.1. The van der Waals surface area contributed by atoms with Crippen LogP contribution in [0.4, 0.5) is 0 Å². The van der Waals surface area contributed by atoms with Crippen LogP contribution in [0.2, 0.25) is 0 Å². The molecule has 0 unspecified atom stereocenters. The predicted octanol–water partition coefficient (Wildman–Crippen LogP) is 3.47. The van der Waals surface area contributed by atoms with Crippen LogP contribution in [-0.2, 0) is 5.75 Å². The molecule has 0 amide bonds. The molecule has 0 aliphatic heterocycles. The van der Waals surface area contributed by atoms with Crippen molar-refractivity contribution in [3.63, 3.8) is 0 Å². The first kappa shape index (κ1) is 19.5. The molecule has 0 fully saturated rings. The van der Waals surface area contributed by atoms with E-state index in [-0.39, 0.29) is 5.56 Å². The van der Waals surface area contributed by atoms with Gasteiger partial charge in [0.2, 0.25) is 0 Å². The molecule has 0 saturated carbocycles. The zero-order valence-electron chi connectivity index (χ0n) is 16.3. The molecule has 29 heavy (non-hydrogen) atoms. The molecular formula is C19H19N5O3S2. The van der Waals surface area contributed by atoms with Crippen molar-refractivity contribution in [2.24, 2.45) is 0 Å². The van der Waals surface area contributed by atoms with E-state index in [0.717, 1.165) is 26.2 Å². The molecule has 0 spiro atoms. The Bertz CT molecular complexity index is 1240. The maximum atomic E-state index is 12.6. The topological polar surface area (TPSA) is 94.4 Å². The number of thioether (sulfide) groups is 1. The summed E-state index contributed by atoms with van der Waals surface area (Å²) in [6, 6.07) is 7.19. The second-order valence-electron chi connectivity index (χ2n) is 6.30. The first-order valence-corrected chi connectivity index (χ1v) is 10.6. The molecule has 10 heteroatoms. The molecule has 0 saturated heterocycles. The van der Waals surface area contributed by atoms with Gasteiger partial charge in [0.1, 0.15) is 5.01 Å². The highest BCUT2D eigenvalue weighted by Gasteiger charge is 2.17. The van der Waals surface area contributed by atoms with Crippen LogP contribution in [0.15, 0.2) is 33.4 Å². The van der Waals surface area contributed by atoms with Crippen molar-refractivity contribution >= 4 is 28.7 Å². The van der Waals surface area contributed by atoms with E-state index < -0.39 is 0 Å². The van der Waals surface area contributed by atoms with Crippen molar-refractivity contribution in [1.82, 2.24) is 24.8 Å². The van der Waals surface area contributed by atoms with E-state index in [9.17, 15) is 4.79 Å². The standard InChI is InChI=1S/C19H19N5O3S2/c1-10-17(12-5-6-14(26-3)15(7-12)27-4)18-20-13(8-16(25)24(18)23-10)9-28-19-22-21-11(2)29-19/h5-8,23H,9H2,1-4H3. The minimum atomic E-state index is -0.158. The Labute approximate surface area is 174 Å². The maximum Gasteiger partial charge on any atom is 0.272 e. The quantitative estimate of drug-likeness (QED) is 0.469. The molecule has 3 heterocycles. The van der Waals surface area contributed by atoms with E-state index in [2.05, 4.69) is 15.3 Å². The van der Waals surface area contributed by atoms with Gasteiger partial charge in [-0.15, -0.1) is 10.2 Å².